The summed E-state index contributed by atoms with van der Waals surface area (Å²) in [5, 5.41) is 11.6. The van der Waals surface area contributed by atoms with E-state index in [0.29, 0.717) is 24.3 Å². The van der Waals surface area contributed by atoms with Crippen molar-refractivity contribution >= 4 is 21.9 Å². The molecule has 0 unspecified atom stereocenters. The average molecular weight is 395 g/mol. The van der Waals surface area contributed by atoms with Gasteiger partial charge < -0.3 is 10.4 Å². The molecule has 0 spiro atoms. The number of carboxylic acids is 1. The van der Waals surface area contributed by atoms with E-state index in [0.717, 1.165) is 19.4 Å². The van der Waals surface area contributed by atoms with Gasteiger partial charge in [-0.05, 0) is 55.9 Å². The van der Waals surface area contributed by atoms with Crippen molar-refractivity contribution in [2.75, 3.05) is 20.1 Å². The van der Waals surface area contributed by atoms with Gasteiger partial charge >= 0.3 is 5.97 Å². The van der Waals surface area contributed by atoms with E-state index in [1.54, 1.807) is 0 Å². The fourth-order valence-corrected chi connectivity index (χ4v) is 4.61. The van der Waals surface area contributed by atoms with Crippen LogP contribution in [0.2, 0.25) is 0 Å². The Hall–Kier alpha value is -1.97. The second kappa shape index (κ2) is 7.95. The van der Waals surface area contributed by atoms with E-state index >= 15 is 0 Å². The van der Waals surface area contributed by atoms with Gasteiger partial charge in [0.1, 0.15) is 0 Å². The first kappa shape index (κ1) is 19.8. The Balaban J connectivity index is 1.56. The quantitative estimate of drug-likeness (QED) is 0.565. The molecule has 0 heterocycles. The molecule has 1 aromatic rings. The largest absolute Gasteiger partial charge is 0.480 e. The van der Waals surface area contributed by atoms with E-state index in [1.807, 2.05) is 4.90 Å². The highest BCUT2D eigenvalue weighted by atomic mass is 32.2. The molecule has 2 aliphatic carbocycles. The first-order valence-corrected chi connectivity index (χ1v) is 10.6. The summed E-state index contributed by atoms with van der Waals surface area (Å²) >= 11 is 0. The molecule has 27 heavy (non-hydrogen) atoms. The molecule has 0 bridgehead atoms. The molecule has 2 saturated carbocycles. The molecule has 0 aliphatic heterocycles. The highest BCUT2D eigenvalue weighted by Gasteiger charge is 2.38. The van der Waals surface area contributed by atoms with Gasteiger partial charge in [0, 0.05) is 31.2 Å². The van der Waals surface area contributed by atoms with Crippen molar-refractivity contribution in [3.05, 3.63) is 29.8 Å². The molecule has 148 valence electrons. The number of carbonyl (C=O) groups is 2. The molecule has 0 radical (unpaired) electrons. The summed E-state index contributed by atoms with van der Waals surface area (Å²) in [6.45, 7) is 0.777. The molecule has 3 N–H and O–H groups in total. The van der Waals surface area contributed by atoms with Gasteiger partial charge in [0.2, 0.25) is 10.0 Å². The normalized spacial score (nSPS) is 22.3. The lowest BCUT2D eigenvalue weighted by Gasteiger charge is -2.42. The fraction of sp³-hybridized carbons (Fsp3) is 0.556. The summed E-state index contributed by atoms with van der Waals surface area (Å²) in [7, 11) is -2.16. The molecule has 3 rings (SSSR count). The number of nitrogens with zero attached hydrogens (tertiary/aromatic N) is 1. The fourth-order valence-electron chi connectivity index (χ4n) is 3.35. The van der Waals surface area contributed by atoms with Crippen molar-refractivity contribution in [2.45, 2.75) is 42.7 Å². The Labute approximate surface area is 159 Å². The maximum atomic E-state index is 12.5. The Morgan fingerprint density at radius 2 is 1.81 bits per heavy atom. The summed E-state index contributed by atoms with van der Waals surface area (Å²) in [5.41, 5.74) is 0.393. The minimum Gasteiger partial charge on any atom is -0.480 e. The van der Waals surface area contributed by atoms with Crippen LogP contribution in [0.4, 0.5) is 0 Å². The third kappa shape index (κ3) is 5.06. The van der Waals surface area contributed by atoms with Crippen LogP contribution >= 0.6 is 0 Å². The molecular formula is C18H25N3O5S. The monoisotopic (exact) mass is 395 g/mol. The van der Waals surface area contributed by atoms with Gasteiger partial charge in [-0.25, -0.2) is 13.1 Å². The van der Waals surface area contributed by atoms with Crippen LogP contribution in [0.3, 0.4) is 0 Å². The number of nitrogens with one attached hydrogen (secondary N) is 2. The predicted octanol–water partition coefficient (Wildman–Crippen LogP) is 0.652. The lowest BCUT2D eigenvalue weighted by atomic mass is 9.86. The molecule has 2 fully saturated rings. The minimum atomic E-state index is -3.67. The topological polar surface area (TPSA) is 116 Å². The smallest absolute Gasteiger partial charge is 0.317 e. The minimum absolute atomic E-state index is 0.00158. The first-order chi connectivity index (χ1) is 12.8. The van der Waals surface area contributed by atoms with Gasteiger partial charge in [-0.3, -0.25) is 14.5 Å². The number of hydrogen-bond donors (Lipinski definition) is 3. The molecule has 2 aliphatic rings. The summed E-state index contributed by atoms with van der Waals surface area (Å²) in [4.78, 5) is 24.7. The number of aliphatic carboxylic acids is 1. The Morgan fingerprint density at radius 3 is 2.33 bits per heavy atom. The Morgan fingerprint density at radius 1 is 1.19 bits per heavy atom. The number of carboxylic acid groups (broad SMARTS) is 1. The third-order valence-corrected chi connectivity index (χ3v) is 6.67. The number of rotatable bonds is 9. The van der Waals surface area contributed by atoms with Gasteiger partial charge in [-0.15, -0.1) is 0 Å². The van der Waals surface area contributed by atoms with E-state index in [1.165, 1.54) is 31.3 Å². The number of hydrogen-bond acceptors (Lipinski definition) is 5. The average Bonchev–Trinajstić information content (AvgIpc) is 3.40. The lowest BCUT2D eigenvalue weighted by Crippen LogP contribution is -2.55. The molecule has 9 heteroatoms. The number of carbonyl (C=O) groups excluding carboxylic acids is 1. The van der Waals surface area contributed by atoms with Crippen LogP contribution in [-0.2, 0) is 14.8 Å². The van der Waals surface area contributed by atoms with Gasteiger partial charge in [0.05, 0.1) is 11.4 Å². The summed E-state index contributed by atoms with van der Waals surface area (Å²) < 4.78 is 27.7. The van der Waals surface area contributed by atoms with E-state index < -0.39 is 16.0 Å². The van der Waals surface area contributed by atoms with Crippen molar-refractivity contribution in [3.63, 3.8) is 0 Å². The molecule has 1 aromatic carbocycles. The Bertz CT molecular complexity index is 799. The van der Waals surface area contributed by atoms with Crippen LogP contribution in [0, 0.1) is 5.92 Å². The van der Waals surface area contributed by atoms with E-state index in [2.05, 4.69) is 10.0 Å². The van der Waals surface area contributed by atoms with E-state index in [4.69, 9.17) is 5.11 Å². The second-order valence-corrected chi connectivity index (χ2v) is 9.03. The van der Waals surface area contributed by atoms with Crippen molar-refractivity contribution in [3.8, 4) is 0 Å². The zero-order valence-corrected chi connectivity index (χ0v) is 16.0. The maximum Gasteiger partial charge on any atom is 0.317 e. The van der Waals surface area contributed by atoms with Crippen molar-refractivity contribution in [2.24, 2.45) is 5.92 Å². The van der Waals surface area contributed by atoms with Crippen molar-refractivity contribution < 1.29 is 23.1 Å². The molecule has 1 amide bonds. The van der Waals surface area contributed by atoms with E-state index in [-0.39, 0.29) is 29.4 Å². The second-order valence-electron chi connectivity index (χ2n) is 7.31. The SMILES string of the molecule is CNC(=O)c1ccc(S(=O)(=O)NC2CC(N(CC(=O)O)CC3CC3)C2)cc1. The molecule has 0 aromatic heterocycles. The van der Waals surface area contributed by atoms with Crippen molar-refractivity contribution in [1.82, 2.24) is 14.9 Å². The van der Waals surface area contributed by atoms with Gasteiger partial charge in [0.15, 0.2) is 0 Å². The highest BCUT2D eigenvalue weighted by Crippen LogP contribution is 2.34. The standard InChI is InChI=1S/C18H25N3O5S/c1-19-18(24)13-4-6-16(7-5-13)27(25,26)20-14-8-15(9-14)21(11-17(22)23)10-12-2-3-12/h4-7,12,14-15,20H,2-3,8-11H2,1H3,(H,19,24)(H,22,23). The van der Waals surface area contributed by atoms with E-state index in [9.17, 15) is 18.0 Å². The third-order valence-electron chi connectivity index (χ3n) is 5.13. The number of sulfonamides is 1. The van der Waals surface area contributed by atoms with Gasteiger partial charge in [-0.1, -0.05) is 0 Å². The van der Waals surface area contributed by atoms with Crippen LogP contribution in [-0.4, -0.2) is 62.5 Å². The van der Waals surface area contributed by atoms with Gasteiger partial charge in [-0.2, -0.15) is 0 Å². The highest BCUT2D eigenvalue weighted by molar-refractivity contribution is 7.89. The summed E-state index contributed by atoms with van der Waals surface area (Å²) in [6, 6.07) is 5.67. The molecule has 0 saturated heterocycles. The van der Waals surface area contributed by atoms with Crippen LogP contribution in [0.1, 0.15) is 36.0 Å². The molecule has 0 atom stereocenters. The van der Waals surface area contributed by atoms with Crippen LogP contribution in [0.25, 0.3) is 0 Å². The summed E-state index contributed by atoms with van der Waals surface area (Å²) in [5.74, 6) is -0.544. The maximum absolute atomic E-state index is 12.5. The lowest BCUT2D eigenvalue weighted by molar-refractivity contribution is -0.139. The number of amides is 1. The van der Waals surface area contributed by atoms with Crippen LogP contribution in [0.15, 0.2) is 29.2 Å². The van der Waals surface area contributed by atoms with Crippen molar-refractivity contribution in [1.29, 1.82) is 0 Å². The molecular weight excluding hydrogens is 370 g/mol. The number of benzene rings is 1. The Kier molecular flexibility index (Phi) is 5.83. The van der Waals surface area contributed by atoms with Crippen LogP contribution < -0.4 is 10.0 Å². The van der Waals surface area contributed by atoms with Gasteiger partial charge in [0.25, 0.3) is 5.91 Å². The summed E-state index contributed by atoms with van der Waals surface area (Å²) in [6.07, 6.45) is 3.50. The first-order valence-electron chi connectivity index (χ1n) is 9.09. The molecule has 8 nitrogen and oxygen atoms in total. The zero-order chi connectivity index (χ0) is 19.6. The predicted molar refractivity (Wildman–Crippen MR) is 98.9 cm³/mol. The zero-order valence-electron chi connectivity index (χ0n) is 15.2. The van der Waals surface area contributed by atoms with Crippen LogP contribution in [0.5, 0.6) is 0 Å².